The summed E-state index contributed by atoms with van der Waals surface area (Å²) in [7, 11) is 0. The van der Waals surface area contributed by atoms with Gasteiger partial charge in [0.05, 0.1) is 0 Å². The molecule has 2 nitrogen and oxygen atoms in total. The van der Waals surface area contributed by atoms with Crippen LogP contribution in [0.15, 0.2) is 54.6 Å². The fourth-order valence-electron chi connectivity index (χ4n) is 2.25. The van der Waals surface area contributed by atoms with Crippen molar-refractivity contribution in [1.82, 2.24) is 0 Å². The molecule has 0 bridgehead atoms. The summed E-state index contributed by atoms with van der Waals surface area (Å²) >= 11 is 0. The predicted molar refractivity (Wildman–Crippen MR) is 88.9 cm³/mol. The molecular weight excluding hydrogens is 258 g/mol. The summed E-state index contributed by atoms with van der Waals surface area (Å²) in [5.74, 6) is 0.191. The van der Waals surface area contributed by atoms with Crippen molar-refractivity contribution in [1.29, 1.82) is 0 Å². The molecular formula is C19H23NO. The van der Waals surface area contributed by atoms with Crippen molar-refractivity contribution in [2.75, 3.05) is 5.32 Å². The van der Waals surface area contributed by atoms with Crippen LogP contribution in [0.1, 0.15) is 43.1 Å². The van der Waals surface area contributed by atoms with E-state index in [-0.39, 0.29) is 11.3 Å². The summed E-state index contributed by atoms with van der Waals surface area (Å²) in [4.78, 5) is 12.3. The van der Waals surface area contributed by atoms with Gasteiger partial charge in [0.1, 0.15) is 0 Å². The molecule has 0 aliphatic rings. The second kappa shape index (κ2) is 6.57. The van der Waals surface area contributed by atoms with Crippen LogP contribution in [-0.2, 0) is 6.42 Å². The standard InChI is InChI=1S/C19H23NO/c1-19(2,3)20-17-11-7-10-16(14-17)18(21)13-12-15-8-5-4-6-9-15/h4-11,14,20H,12-13H2,1-3H3. The van der Waals surface area contributed by atoms with Crippen molar-refractivity contribution in [3.8, 4) is 0 Å². The van der Waals surface area contributed by atoms with Gasteiger partial charge >= 0.3 is 0 Å². The number of hydrogen-bond donors (Lipinski definition) is 1. The largest absolute Gasteiger partial charge is 0.380 e. The number of Topliss-reactive ketones (excluding diaryl/α,β-unsaturated/α-hetero) is 1. The van der Waals surface area contributed by atoms with Crippen LogP contribution >= 0.6 is 0 Å². The van der Waals surface area contributed by atoms with Gasteiger partial charge < -0.3 is 5.32 Å². The fourth-order valence-corrected chi connectivity index (χ4v) is 2.25. The van der Waals surface area contributed by atoms with Gasteiger partial charge in [-0.3, -0.25) is 4.79 Å². The van der Waals surface area contributed by atoms with Gasteiger partial charge in [0.2, 0.25) is 0 Å². The van der Waals surface area contributed by atoms with E-state index in [0.717, 1.165) is 17.7 Å². The minimum absolute atomic E-state index is 0.00822. The Morgan fingerprint density at radius 1 is 1.00 bits per heavy atom. The molecule has 1 N–H and O–H groups in total. The predicted octanol–water partition coefficient (Wildman–Crippen LogP) is 4.71. The number of nitrogens with one attached hydrogen (secondary N) is 1. The molecule has 2 aromatic carbocycles. The molecule has 0 fully saturated rings. The zero-order valence-electron chi connectivity index (χ0n) is 13.0. The molecule has 2 aromatic rings. The Balaban J connectivity index is 2.01. The first kappa shape index (κ1) is 15.3. The molecule has 0 saturated heterocycles. The van der Waals surface area contributed by atoms with Gasteiger partial charge in [0.25, 0.3) is 0 Å². The molecule has 2 heteroatoms. The number of carbonyl (C=O) groups is 1. The van der Waals surface area contributed by atoms with Gasteiger partial charge in [-0.1, -0.05) is 42.5 Å². The Hall–Kier alpha value is -2.09. The van der Waals surface area contributed by atoms with E-state index in [1.165, 1.54) is 5.56 Å². The maximum absolute atomic E-state index is 12.3. The average molecular weight is 281 g/mol. The number of aryl methyl sites for hydroxylation is 1. The van der Waals surface area contributed by atoms with E-state index < -0.39 is 0 Å². The Morgan fingerprint density at radius 3 is 2.38 bits per heavy atom. The SMILES string of the molecule is CC(C)(C)Nc1cccc(C(=O)CCc2ccccc2)c1. The van der Waals surface area contributed by atoms with Crippen LogP contribution in [0, 0.1) is 0 Å². The van der Waals surface area contributed by atoms with E-state index in [1.54, 1.807) is 0 Å². The zero-order valence-corrected chi connectivity index (χ0v) is 13.0. The summed E-state index contributed by atoms with van der Waals surface area (Å²) in [5, 5.41) is 3.40. The van der Waals surface area contributed by atoms with E-state index >= 15 is 0 Å². The number of carbonyl (C=O) groups excluding carboxylic acids is 1. The van der Waals surface area contributed by atoms with Crippen LogP contribution in [0.5, 0.6) is 0 Å². The van der Waals surface area contributed by atoms with Gasteiger partial charge in [-0.2, -0.15) is 0 Å². The van der Waals surface area contributed by atoms with Gasteiger partial charge in [0.15, 0.2) is 5.78 Å². The molecule has 0 aliphatic carbocycles. The topological polar surface area (TPSA) is 29.1 Å². The van der Waals surface area contributed by atoms with Gasteiger partial charge in [-0.25, -0.2) is 0 Å². The summed E-state index contributed by atoms with van der Waals surface area (Å²) in [6, 6.07) is 17.9. The highest BCUT2D eigenvalue weighted by molar-refractivity contribution is 5.97. The quantitative estimate of drug-likeness (QED) is 0.804. The lowest BCUT2D eigenvalue weighted by Crippen LogP contribution is -2.26. The summed E-state index contributed by atoms with van der Waals surface area (Å²) in [6.07, 6.45) is 1.33. The molecule has 0 radical (unpaired) electrons. The van der Waals surface area contributed by atoms with Crippen molar-refractivity contribution in [3.63, 3.8) is 0 Å². The molecule has 21 heavy (non-hydrogen) atoms. The van der Waals surface area contributed by atoms with Gasteiger partial charge in [-0.15, -0.1) is 0 Å². The number of anilines is 1. The first-order valence-electron chi connectivity index (χ1n) is 7.39. The van der Waals surface area contributed by atoms with Crippen LogP contribution in [0.25, 0.3) is 0 Å². The second-order valence-corrected chi connectivity index (χ2v) is 6.36. The molecule has 0 heterocycles. The Morgan fingerprint density at radius 2 is 1.71 bits per heavy atom. The lowest BCUT2D eigenvalue weighted by atomic mass is 10.0. The van der Waals surface area contributed by atoms with E-state index in [4.69, 9.17) is 0 Å². The smallest absolute Gasteiger partial charge is 0.163 e. The zero-order chi connectivity index (χ0) is 15.3. The number of hydrogen-bond acceptors (Lipinski definition) is 2. The Labute approximate surface area is 127 Å². The fraction of sp³-hybridized carbons (Fsp3) is 0.316. The van der Waals surface area contributed by atoms with Crippen molar-refractivity contribution in [2.24, 2.45) is 0 Å². The molecule has 0 aromatic heterocycles. The molecule has 0 aliphatic heterocycles. The Bertz CT molecular complexity index is 596. The molecule has 0 atom stereocenters. The maximum atomic E-state index is 12.3. The lowest BCUT2D eigenvalue weighted by molar-refractivity contribution is 0.0983. The van der Waals surface area contributed by atoms with E-state index in [1.807, 2.05) is 42.5 Å². The minimum Gasteiger partial charge on any atom is -0.380 e. The third kappa shape index (κ3) is 5.07. The summed E-state index contributed by atoms with van der Waals surface area (Å²) < 4.78 is 0. The van der Waals surface area contributed by atoms with Crippen molar-refractivity contribution < 1.29 is 4.79 Å². The number of ketones is 1. The van der Waals surface area contributed by atoms with Gasteiger partial charge in [-0.05, 0) is 44.9 Å². The first-order chi connectivity index (χ1) is 9.94. The first-order valence-corrected chi connectivity index (χ1v) is 7.39. The number of rotatable bonds is 5. The highest BCUT2D eigenvalue weighted by atomic mass is 16.1. The van der Waals surface area contributed by atoms with E-state index in [0.29, 0.717) is 6.42 Å². The van der Waals surface area contributed by atoms with Gasteiger partial charge in [0, 0.05) is 23.2 Å². The third-order valence-electron chi connectivity index (χ3n) is 3.19. The molecule has 0 unspecified atom stereocenters. The molecule has 0 amide bonds. The van der Waals surface area contributed by atoms with Crippen molar-refractivity contribution >= 4 is 11.5 Å². The molecule has 0 spiro atoms. The van der Waals surface area contributed by atoms with E-state index in [9.17, 15) is 4.79 Å². The Kier molecular flexibility index (Phi) is 4.79. The van der Waals surface area contributed by atoms with Crippen molar-refractivity contribution in [2.45, 2.75) is 39.2 Å². The van der Waals surface area contributed by atoms with Crippen LogP contribution in [0.2, 0.25) is 0 Å². The summed E-state index contributed by atoms with van der Waals surface area (Å²) in [6.45, 7) is 6.32. The van der Waals surface area contributed by atoms with Crippen LogP contribution in [0.4, 0.5) is 5.69 Å². The monoisotopic (exact) mass is 281 g/mol. The summed E-state index contributed by atoms with van der Waals surface area (Å²) in [5.41, 5.74) is 2.97. The molecule has 110 valence electrons. The number of benzene rings is 2. The van der Waals surface area contributed by atoms with Crippen molar-refractivity contribution in [3.05, 3.63) is 65.7 Å². The third-order valence-corrected chi connectivity index (χ3v) is 3.19. The normalized spacial score (nSPS) is 11.2. The highest BCUT2D eigenvalue weighted by Crippen LogP contribution is 2.17. The van der Waals surface area contributed by atoms with Crippen LogP contribution < -0.4 is 5.32 Å². The minimum atomic E-state index is -0.00822. The van der Waals surface area contributed by atoms with Crippen LogP contribution in [-0.4, -0.2) is 11.3 Å². The second-order valence-electron chi connectivity index (χ2n) is 6.36. The van der Waals surface area contributed by atoms with E-state index in [2.05, 4.69) is 38.2 Å². The molecule has 0 saturated carbocycles. The molecule has 2 rings (SSSR count). The lowest BCUT2D eigenvalue weighted by Gasteiger charge is -2.22. The van der Waals surface area contributed by atoms with Crippen LogP contribution in [0.3, 0.4) is 0 Å². The maximum Gasteiger partial charge on any atom is 0.163 e. The average Bonchev–Trinajstić information content (AvgIpc) is 2.44. The highest BCUT2D eigenvalue weighted by Gasteiger charge is 2.11.